The molecule has 4 nitrogen and oxygen atoms in total. The molecule has 0 aliphatic carbocycles. The number of hydrogen-bond acceptors (Lipinski definition) is 4. The molecular formula is C27H22N4S. The molecule has 0 amide bonds. The van der Waals surface area contributed by atoms with Gasteiger partial charge in [0.15, 0.2) is 11.0 Å². The molecule has 0 saturated heterocycles. The Morgan fingerprint density at radius 3 is 1.91 bits per heavy atom. The monoisotopic (exact) mass is 434 g/mol. The maximum atomic E-state index is 4.66. The van der Waals surface area contributed by atoms with Crippen LogP contribution in [0.4, 0.5) is 0 Å². The average Bonchev–Trinajstić information content (AvgIpc) is 3.28. The average molecular weight is 435 g/mol. The second kappa shape index (κ2) is 9.20. The Hall–Kier alpha value is -3.70. The number of rotatable bonds is 6. The fourth-order valence-corrected chi connectivity index (χ4v) is 4.93. The fourth-order valence-electron chi connectivity index (χ4n) is 3.76. The number of benzene rings is 3. The van der Waals surface area contributed by atoms with Gasteiger partial charge < -0.3 is 0 Å². The van der Waals surface area contributed by atoms with E-state index in [-0.39, 0.29) is 5.25 Å². The van der Waals surface area contributed by atoms with Crippen molar-refractivity contribution in [2.45, 2.75) is 17.3 Å². The molecule has 0 spiro atoms. The van der Waals surface area contributed by atoms with Crippen molar-refractivity contribution < 1.29 is 0 Å². The molecule has 0 aliphatic rings. The first-order valence-corrected chi connectivity index (χ1v) is 11.4. The van der Waals surface area contributed by atoms with E-state index < -0.39 is 0 Å². The molecule has 2 heterocycles. The van der Waals surface area contributed by atoms with E-state index in [1.807, 2.05) is 24.3 Å². The molecule has 0 fully saturated rings. The largest absolute Gasteiger partial charge is 0.270 e. The number of thioether (sulfide) groups is 1. The van der Waals surface area contributed by atoms with Crippen molar-refractivity contribution in [2.24, 2.45) is 0 Å². The summed E-state index contributed by atoms with van der Waals surface area (Å²) < 4.78 is 2.16. The van der Waals surface area contributed by atoms with Gasteiger partial charge in [0.25, 0.3) is 0 Å². The summed E-state index contributed by atoms with van der Waals surface area (Å²) in [7, 11) is 0. The van der Waals surface area contributed by atoms with Crippen molar-refractivity contribution in [1.29, 1.82) is 0 Å². The first-order chi connectivity index (χ1) is 15.8. The Bertz CT molecular complexity index is 1260. The summed E-state index contributed by atoms with van der Waals surface area (Å²) in [6, 6.07) is 33.4. The highest BCUT2D eigenvalue weighted by Gasteiger charge is 2.23. The normalized spacial score (nSPS) is 11.1. The molecule has 0 aliphatic heterocycles. The molecule has 2 aromatic heterocycles. The van der Waals surface area contributed by atoms with Crippen molar-refractivity contribution in [1.82, 2.24) is 19.7 Å². The molecule has 0 atom stereocenters. The van der Waals surface area contributed by atoms with Crippen LogP contribution < -0.4 is 0 Å². The van der Waals surface area contributed by atoms with Gasteiger partial charge in [0.1, 0.15) is 0 Å². The zero-order valence-corrected chi connectivity index (χ0v) is 18.5. The van der Waals surface area contributed by atoms with Crippen LogP contribution in [0.15, 0.2) is 115 Å². The second-order valence-corrected chi connectivity index (χ2v) is 8.56. The smallest absolute Gasteiger partial charge is 0.197 e. The summed E-state index contributed by atoms with van der Waals surface area (Å²) in [5, 5.41) is 10.2. The number of pyridine rings is 1. The lowest BCUT2D eigenvalue weighted by Crippen LogP contribution is -2.04. The summed E-state index contributed by atoms with van der Waals surface area (Å²) >= 11 is 1.71. The molecule has 0 N–H and O–H groups in total. The van der Waals surface area contributed by atoms with E-state index in [4.69, 9.17) is 0 Å². The van der Waals surface area contributed by atoms with E-state index in [9.17, 15) is 0 Å². The van der Waals surface area contributed by atoms with E-state index in [0.29, 0.717) is 0 Å². The van der Waals surface area contributed by atoms with E-state index in [1.165, 1.54) is 16.7 Å². The number of aromatic nitrogens is 4. The summed E-state index contributed by atoms with van der Waals surface area (Å²) in [4.78, 5) is 4.16. The molecule has 0 saturated carbocycles. The van der Waals surface area contributed by atoms with Gasteiger partial charge in [0.05, 0.1) is 10.9 Å². The predicted molar refractivity (Wildman–Crippen MR) is 130 cm³/mol. The SMILES string of the molecule is Cc1ccccc1-n1c(SC(c2ccccc2)c2ccccc2)nnc1-c1ccncc1. The van der Waals surface area contributed by atoms with Crippen LogP contribution in [0.25, 0.3) is 17.1 Å². The Balaban J connectivity index is 1.66. The van der Waals surface area contributed by atoms with Crippen molar-refractivity contribution in [2.75, 3.05) is 0 Å². The van der Waals surface area contributed by atoms with E-state index >= 15 is 0 Å². The van der Waals surface area contributed by atoms with Gasteiger partial charge in [0, 0.05) is 18.0 Å². The maximum absolute atomic E-state index is 4.66. The van der Waals surface area contributed by atoms with Gasteiger partial charge in [-0.05, 0) is 41.8 Å². The van der Waals surface area contributed by atoms with Crippen LogP contribution >= 0.6 is 11.8 Å². The third-order valence-electron chi connectivity index (χ3n) is 5.36. The fraction of sp³-hybridized carbons (Fsp3) is 0.0741. The minimum atomic E-state index is 0.0923. The van der Waals surface area contributed by atoms with Crippen LogP contribution in [0.5, 0.6) is 0 Å². The standard InChI is InChI=1S/C27H22N4S/c1-20-10-8-9-15-24(20)31-26(23-16-18-28-19-17-23)29-30-27(31)32-25(21-11-4-2-5-12-21)22-13-6-3-7-14-22/h2-19,25H,1H3. The van der Waals surface area contributed by atoms with Crippen molar-refractivity contribution in [3.8, 4) is 17.1 Å². The van der Waals surface area contributed by atoms with Crippen LogP contribution in [0, 0.1) is 6.92 Å². The molecule has 3 aromatic carbocycles. The Morgan fingerprint density at radius 1 is 0.688 bits per heavy atom. The minimum Gasteiger partial charge on any atom is -0.270 e. The number of para-hydroxylation sites is 1. The number of hydrogen-bond donors (Lipinski definition) is 0. The third-order valence-corrected chi connectivity index (χ3v) is 6.61. The van der Waals surface area contributed by atoms with Crippen LogP contribution in [0.2, 0.25) is 0 Å². The van der Waals surface area contributed by atoms with Gasteiger partial charge in [-0.15, -0.1) is 10.2 Å². The lowest BCUT2D eigenvalue weighted by atomic mass is 10.0. The first-order valence-electron chi connectivity index (χ1n) is 10.5. The summed E-state index contributed by atoms with van der Waals surface area (Å²) in [6.45, 7) is 2.12. The molecule has 0 bridgehead atoms. The van der Waals surface area contributed by atoms with E-state index in [2.05, 4.69) is 99.5 Å². The van der Waals surface area contributed by atoms with Gasteiger partial charge in [0.2, 0.25) is 0 Å². The molecule has 0 unspecified atom stereocenters. The van der Waals surface area contributed by atoms with Gasteiger partial charge in [-0.1, -0.05) is 90.6 Å². The maximum Gasteiger partial charge on any atom is 0.197 e. The van der Waals surface area contributed by atoms with Crippen LogP contribution in [-0.2, 0) is 0 Å². The second-order valence-electron chi connectivity index (χ2n) is 7.48. The molecule has 156 valence electrons. The summed E-state index contributed by atoms with van der Waals surface area (Å²) in [5.74, 6) is 0.809. The third kappa shape index (κ3) is 4.07. The van der Waals surface area contributed by atoms with Gasteiger partial charge in [-0.2, -0.15) is 0 Å². The highest BCUT2D eigenvalue weighted by atomic mass is 32.2. The minimum absolute atomic E-state index is 0.0923. The topological polar surface area (TPSA) is 43.6 Å². The Morgan fingerprint density at radius 2 is 1.28 bits per heavy atom. The van der Waals surface area contributed by atoms with Crippen LogP contribution in [-0.4, -0.2) is 19.7 Å². The highest BCUT2D eigenvalue weighted by molar-refractivity contribution is 7.99. The van der Waals surface area contributed by atoms with E-state index in [1.54, 1.807) is 24.2 Å². The van der Waals surface area contributed by atoms with Gasteiger partial charge >= 0.3 is 0 Å². The molecule has 5 heteroatoms. The summed E-state index contributed by atoms with van der Waals surface area (Å²) in [6.07, 6.45) is 3.57. The predicted octanol–water partition coefficient (Wildman–Crippen LogP) is 6.52. The highest BCUT2D eigenvalue weighted by Crippen LogP contribution is 2.41. The summed E-state index contributed by atoms with van der Waals surface area (Å²) in [5.41, 5.74) is 5.69. The Kier molecular flexibility index (Phi) is 5.81. The van der Waals surface area contributed by atoms with Gasteiger partial charge in [-0.25, -0.2) is 0 Å². The molecular weight excluding hydrogens is 412 g/mol. The van der Waals surface area contributed by atoms with Crippen molar-refractivity contribution in [3.63, 3.8) is 0 Å². The molecule has 5 aromatic rings. The van der Waals surface area contributed by atoms with Crippen molar-refractivity contribution in [3.05, 3.63) is 126 Å². The number of aryl methyl sites for hydroxylation is 1. The zero-order valence-electron chi connectivity index (χ0n) is 17.7. The van der Waals surface area contributed by atoms with Crippen LogP contribution in [0.1, 0.15) is 21.9 Å². The molecule has 32 heavy (non-hydrogen) atoms. The first kappa shape index (κ1) is 20.2. The molecule has 0 radical (unpaired) electrons. The molecule has 5 rings (SSSR count). The lowest BCUT2D eigenvalue weighted by molar-refractivity contribution is 0.876. The lowest BCUT2D eigenvalue weighted by Gasteiger charge is -2.19. The Labute approximate surface area is 192 Å². The zero-order chi connectivity index (χ0) is 21.8. The number of nitrogens with zero attached hydrogens (tertiary/aromatic N) is 4. The van der Waals surface area contributed by atoms with Gasteiger partial charge in [-0.3, -0.25) is 9.55 Å². The van der Waals surface area contributed by atoms with E-state index in [0.717, 1.165) is 22.2 Å². The van der Waals surface area contributed by atoms with Crippen LogP contribution in [0.3, 0.4) is 0 Å². The van der Waals surface area contributed by atoms with Crippen molar-refractivity contribution >= 4 is 11.8 Å². The quantitative estimate of drug-likeness (QED) is 0.285.